The Hall–Kier alpha value is -2.04. The number of piperidine rings is 1. The minimum Gasteiger partial charge on any atom is -0.481 e. The Kier molecular flexibility index (Phi) is 4.83. The van der Waals surface area contributed by atoms with Gasteiger partial charge in [0.1, 0.15) is 5.75 Å². The number of aliphatic carboxylic acids is 1. The average molecular weight is 291 g/mol. The fourth-order valence-electron chi connectivity index (χ4n) is 2.57. The number of hydrogen-bond acceptors (Lipinski definition) is 3. The number of para-hydroxylation sites is 1. The molecule has 0 aromatic heterocycles. The molecule has 1 aromatic carbocycles. The molecule has 2 atom stereocenters. The molecule has 1 fully saturated rings. The maximum Gasteiger partial charge on any atom is 0.308 e. The lowest BCUT2D eigenvalue weighted by atomic mass is 9.98. The van der Waals surface area contributed by atoms with Crippen molar-refractivity contribution in [3.8, 4) is 5.75 Å². The van der Waals surface area contributed by atoms with Gasteiger partial charge in [-0.25, -0.2) is 0 Å². The summed E-state index contributed by atoms with van der Waals surface area (Å²) in [6.07, 6.45) is 0.741. The Morgan fingerprint density at radius 2 is 2.10 bits per heavy atom. The van der Waals surface area contributed by atoms with E-state index in [0.29, 0.717) is 18.7 Å². The van der Waals surface area contributed by atoms with Crippen molar-refractivity contribution in [3.63, 3.8) is 0 Å². The molecule has 1 aliphatic heterocycles. The van der Waals surface area contributed by atoms with E-state index in [9.17, 15) is 9.59 Å². The highest BCUT2D eigenvalue weighted by Gasteiger charge is 2.31. The van der Waals surface area contributed by atoms with Crippen molar-refractivity contribution in [2.75, 3.05) is 13.1 Å². The number of aryl methyl sites for hydroxylation is 1. The lowest BCUT2D eigenvalue weighted by molar-refractivity contribution is -0.147. The molecule has 0 saturated carbocycles. The molecule has 2 unspecified atom stereocenters. The summed E-state index contributed by atoms with van der Waals surface area (Å²) < 4.78 is 5.72. The molecule has 1 aliphatic rings. The first-order valence-corrected chi connectivity index (χ1v) is 7.23. The van der Waals surface area contributed by atoms with Crippen LogP contribution in [0.25, 0.3) is 0 Å². The number of benzene rings is 1. The van der Waals surface area contributed by atoms with Crippen molar-refractivity contribution >= 4 is 11.9 Å². The molecule has 0 radical (unpaired) electrons. The molecule has 0 aliphatic carbocycles. The highest BCUT2D eigenvalue weighted by Crippen LogP contribution is 2.21. The summed E-state index contributed by atoms with van der Waals surface area (Å²) in [7, 11) is 0. The van der Waals surface area contributed by atoms with Gasteiger partial charge in [-0.2, -0.15) is 0 Å². The van der Waals surface area contributed by atoms with E-state index in [1.54, 1.807) is 11.8 Å². The summed E-state index contributed by atoms with van der Waals surface area (Å²) in [4.78, 5) is 25.1. The normalized spacial score (nSPS) is 19.9. The Labute approximate surface area is 124 Å². The standard InChI is InChI=1S/C16H21NO4/c1-11-6-3-4-8-14(11)21-12(2)15(18)17-9-5-7-13(10-17)16(19)20/h3-4,6,8,12-13H,5,7,9-10H2,1-2H3,(H,19,20). The highest BCUT2D eigenvalue weighted by molar-refractivity contribution is 5.82. The van der Waals surface area contributed by atoms with Gasteiger partial charge >= 0.3 is 5.97 Å². The predicted molar refractivity (Wildman–Crippen MR) is 78.2 cm³/mol. The second-order valence-electron chi connectivity index (χ2n) is 5.49. The van der Waals surface area contributed by atoms with Crippen molar-refractivity contribution in [1.29, 1.82) is 0 Å². The summed E-state index contributed by atoms with van der Waals surface area (Å²) in [5.41, 5.74) is 0.971. The number of carbonyl (C=O) groups excluding carboxylic acids is 1. The van der Waals surface area contributed by atoms with E-state index >= 15 is 0 Å². The van der Waals surface area contributed by atoms with E-state index in [1.165, 1.54) is 0 Å². The molecular weight excluding hydrogens is 270 g/mol. The molecule has 1 saturated heterocycles. The topological polar surface area (TPSA) is 66.8 Å². The van der Waals surface area contributed by atoms with Crippen LogP contribution in [0.3, 0.4) is 0 Å². The van der Waals surface area contributed by atoms with Gasteiger partial charge in [0.2, 0.25) is 0 Å². The van der Waals surface area contributed by atoms with Gasteiger partial charge in [0.25, 0.3) is 5.91 Å². The van der Waals surface area contributed by atoms with Gasteiger partial charge in [0, 0.05) is 13.1 Å². The zero-order valence-corrected chi connectivity index (χ0v) is 12.4. The van der Waals surface area contributed by atoms with E-state index in [0.717, 1.165) is 12.0 Å². The van der Waals surface area contributed by atoms with Crippen LogP contribution in [-0.4, -0.2) is 41.1 Å². The fraction of sp³-hybridized carbons (Fsp3) is 0.500. The van der Waals surface area contributed by atoms with Gasteiger partial charge < -0.3 is 14.7 Å². The second-order valence-corrected chi connectivity index (χ2v) is 5.49. The Morgan fingerprint density at radius 3 is 2.76 bits per heavy atom. The quantitative estimate of drug-likeness (QED) is 0.922. The van der Waals surface area contributed by atoms with E-state index in [1.807, 2.05) is 31.2 Å². The first kappa shape index (κ1) is 15.4. The summed E-state index contributed by atoms with van der Waals surface area (Å²) in [5.74, 6) is -0.761. The largest absolute Gasteiger partial charge is 0.481 e. The van der Waals surface area contributed by atoms with E-state index in [2.05, 4.69) is 0 Å². The Morgan fingerprint density at radius 1 is 1.38 bits per heavy atom. The summed E-state index contributed by atoms with van der Waals surface area (Å²) in [6.45, 7) is 4.51. The molecule has 1 aromatic rings. The fourth-order valence-corrected chi connectivity index (χ4v) is 2.57. The minimum absolute atomic E-state index is 0.149. The van der Waals surface area contributed by atoms with Gasteiger partial charge in [0.05, 0.1) is 5.92 Å². The number of amides is 1. The summed E-state index contributed by atoms with van der Waals surface area (Å²) in [6, 6.07) is 7.53. The number of hydrogen-bond donors (Lipinski definition) is 1. The molecule has 5 nitrogen and oxygen atoms in total. The van der Waals surface area contributed by atoms with Crippen LogP contribution in [0.15, 0.2) is 24.3 Å². The van der Waals surface area contributed by atoms with Crippen molar-refractivity contribution in [2.24, 2.45) is 5.92 Å². The van der Waals surface area contributed by atoms with E-state index < -0.39 is 18.0 Å². The lowest BCUT2D eigenvalue weighted by Gasteiger charge is -2.32. The molecule has 0 bridgehead atoms. The third-order valence-electron chi connectivity index (χ3n) is 3.83. The third-order valence-corrected chi connectivity index (χ3v) is 3.83. The first-order chi connectivity index (χ1) is 9.99. The van der Waals surface area contributed by atoms with Gasteiger partial charge in [-0.05, 0) is 38.3 Å². The first-order valence-electron chi connectivity index (χ1n) is 7.23. The van der Waals surface area contributed by atoms with Gasteiger partial charge in [-0.3, -0.25) is 9.59 Å². The molecule has 114 valence electrons. The van der Waals surface area contributed by atoms with Crippen molar-refractivity contribution < 1.29 is 19.4 Å². The molecule has 5 heteroatoms. The average Bonchev–Trinajstić information content (AvgIpc) is 2.49. The van der Waals surface area contributed by atoms with Crippen LogP contribution in [-0.2, 0) is 9.59 Å². The monoisotopic (exact) mass is 291 g/mol. The van der Waals surface area contributed by atoms with Crippen LogP contribution >= 0.6 is 0 Å². The number of ether oxygens (including phenoxy) is 1. The SMILES string of the molecule is Cc1ccccc1OC(C)C(=O)N1CCCC(C(=O)O)C1. The smallest absolute Gasteiger partial charge is 0.308 e. The number of rotatable bonds is 4. The minimum atomic E-state index is -0.833. The molecule has 1 amide bonds. The maximum absolute atomic E-state index is 12.4. The summed E-state index contributed by atoms with van der Waals surface area (Å²) >= 11 is 0. The van der Waals surface area contributed by atoms with Gasteiger partial charge in [0.15, 0.2) is 6.10 Å². The van der Waals surface area contributed by atoms with E-state index in [-0.39, 0.29) is 12.5 Å². The highest BCUT2D eigenvalue weighted by atomic mass is 16.5. The summed E-state index contributed by atoms with van der Waals surface area (Å²) in [5, 5.41) is 9.08. The van der Waals surface area contributed by atoms with Crippen LogP contribution < -0.4 is 4.74 Å². The molecule has 1 heterocycles. The zero-order chi connectivity index (χ0) is 15.4. The predicted octanol–water partition coefficient (Wildman–Crippen LogP) is 2.09. The van der Waals surface area contributed by atoms with Crippen LogP contribution in [0, 0.1) is 12.8 Å². The molecule has 0 spiro atoms. The maximum atomic E-state index is 12.4. The second kappa shape index (κ2) is 6.61. The Balaban J connectivity index is 1.99. The van der Waals surface area contributed by atoms with Crippen molar-refractivity contribution in [3.05, 3.63) is 29.8 Å². The number of likely N-dealkylation sites (tertiary alicyclic amines) is 1. The van der Waals surface area contributed by atoms with Gasteiger partial charge in [-0.15, -0.1) is 0 Å². The number of carboxylic acid groups (broad SMARTS) is 1. The van der Waals surface area contributed by atoms with Gasteiger partial charge in [-0.1, -0.05) is 18.2 Å². The van der Waals surface area contributed by atoms with Crippen LogP contribution in [0.1, 0.15) is 25.3 Å². The van der Waals surface area contributed by atoms with E-state index in [4.69, 9.17) is 9.84 Å². The van der Waals surface area contributed by atoms with Crippen LogP contribution in [0.5, 0.6) is 5.75 Å². The number of nitrogens with zero attached hydrogens (tertiary/aromatic N) is 1. The van der Waals surface area contributed by atoms with Crippen LogP contribution in [0.4, 0.5) is 0 Å². The molecule has 1 N–H and O–H groups in total. The lowest BCUT2D eigenvalue weighted by Crippen LogP contribution is -2.47. The van der Waals surface area contributed by atoms with Crippen molar-refractivity contribution in [1.82, 2.24) is 4.90 Å². The van der Waals surface area contributed by atoms with Crippen LogP contribution in [0.2, 0.25) is 0 Å². The molecular formula is C16H21NO4. The number of carbonyl (C=O) groups is 2. The molecule has 21 heavy (non-hydrogen) atoms. The number of carboxylic acids is 1. The van der Waals surface area contributed by atoms with Crippen molar-refractivity contribution in [2.45, 2.75) is 32.8 Å². The zero-order valence-electron chi connectivity index (χ0n) is 12.4. The molecule has 2 rings (SSSR count). The third kappa shape index (κ3) is 3.74. The Bertz CT molecular complexity index is 529.